The summed E-state index contributed by atoms with van der Waals surface area (Å²) in [6.07, 6.45) is 0. The Bertz CT molecular complexity index is 433. The zero-order chi connectivity index (χ0) is 13.1. The maximum atomic E-state index is 12.0. The van der Waals surface area contributed by atoms with Gasteiger partial charge < -0.3 is 16.0 Å². The first-order chi connectivity index (χ1) is 8.61. The molecular weight excluding hydrogens is 226 g/mol. The van der Waals surface area contributed by atoms with Crippen LogP contribution in [0.2, 0.25) is 0 Å². The van der Waals surface area contributed by atoms with Gasteiger partial charge in [-0.25, -0.2) is 0 Å². The molecular formula is C14H21N3O. The summed E-state index contributed by atoms with van der Waals surface area (Å²) >= 11 is 0. The first kappa shape index (κ1) is 12.9. The van der Waals surface area contributed by atoms with Gasteiger partial charge in [0.05, 0.1) is 0 Å². The summed E-state index contributed by atoms with van der Waals surface area (Å²) in [5, 5.41) is 2.95. The van der Waals surface area contributed by atoms with Gasteiger partial charge in [-0.15, -0.1) is 0 Å². The van der Waals surface area contributed by atoms with Gasteiger partial charge in [0, 0.05) is 25.3 Å². The molecule has 0 radical (unpaired) electrons. The fraction of sp³-hybridized carbons (Fsp3) is 0.500. The second-order valence-electron chi connectivity index (χ2n) is 5.09. The summed E-state index contributed by atoms with van der Waals surface area (Å²) in [5.41, 5.74) is 8.04. The minimum atomic E-state index is -0.267. The van der Waals surface area contributed by atoms with Crippen LogP contribution in [-0.2, 0) is 4.79 Å². The van der Waals surface area contributed by atoms with E-state index in [0.29, 0.717) is 12.5 Å². The van der Waals surface area contributed by atoms with Crippen molar-refractivity contribution in [2.75, 3.05) is 24.5 Å². The maximum Gasteiger partial charge on any atom is 0.244 e. The van der Waals surface area contributed by atoms with E-state index in [0.717, 1.165) is 18.8 Å². The van der Waals surface area contributed by atoms with E-state index in [9.17, 15) is 4.79 Å². The van der Waals surface area contributed by atoms with Crippen LogP contribution in [0.5, 0.6) is 0 Å². The van der Waals surface area contributed by atoms with Gasteiger partial charge in [0.2, 0.25) is 5.91 Å². The first-order valence-electron chi connectivity index (χ1n) is 6.43. The molecule has 4 nitrogen and oxygen atoms in total. The van der Waals surface area contributed by atoms with Gasteiger partial charge in [0.1, 0.15) is 6.04 Å². The van der Waals surface area contributed by atoms with Gasteiger partial charge in [0.15, 0.2) is 0 Å². The molecule has 2 atom stereocenters. The van der Waals surface area contributed by atoms with E-state index in [1.165, 1.54) is 5.56 Å². The van der Waals surface area contributed by atoms with Crippen molar-refractivity contribution in [2.24, 2.45) is 11.7 Å². The number of rotatable bonds is 2. The van der Waals surface area contributed by atoms with Gasteiger partial charge in [0.25, 0.3) is 0 Å². The van der Waals surface area contributed by atoms with E-state index in [-0.39, 0.29) is 11.9 Å². The molecule has 1 heterocycles. The average Bonchev–Trinajstić information content (AvgIpc) is 2.49. The highest BCUT2D eigenvalue weighted by atomic mass is 16.2. The van der Waals surface area contributed by atoms with E-state index < -0.39 is 0 Å². The largest absolute Gasteiger partial charge is 0.358 e. The predicted octanol–water partition coefficient (Wildman–Crippen LogP) is 0.895. The molecule has 0 aromatic heterocycles. The molecule has 0 spiro atoms. The number of anilines is 1. The van der Waals surface area contributed by atoms with Crippen LogP contribution in [-0.4, -0.2) is 31.6 Å². The number of nitrogens with one attached hydrogen (secondary N) is 1. The minimum Gasteiger partial charge on any atom is -0.358 e. The average molecular weight is 247 g/mol. The molecule has 1 amide bonds. The molecule has 4 heteroatoms. The third-order valence-electron chi connectivity index (χ3n) is 3.37. The summed E-state index contributed by atoms with van der Waals surface area (Å²) < 4.78 is 0. The van der Waals surface area contributed by atoms with E-state index in [1.54, 1.807) is 0 Å². The Hall–Kier alpha value is -1.55. The quantitative estimate of drug-likeness (QED) is 0.816. The molecule has 1 aromatic rings. The topological polar surface area (TPSA) is 58.4 Å². The Kier molecular flexibility index (Phi) is 3.87. The zero-order valence-electron chi connectivity index (χ0n) is 11.0. The lowest BCUT2D eigenvalue weighted by atomic mass is 10.1. The van der Waals surface area contributed by atoms with E-state index >= 15 is 0 Å². The van der Waals surface area contributed by atoms with Gasteiger partial charge >= 0.3 is 0 Å². The van der Waals surface area contributed by atoms with Crippen LogP contribution in [0.3, 0.4) is 0 Å². The molecule has 0 bridgehead atoms. The van der Waals surface area contributed by atoms with Gasteiger partial charge in [-0.3, -0.25) is 4.79 Å². The fourth-order valence-corrected chi connectivity index (χ4v) is 2.39. The highest BCUT2D eigenvalue weighted by molar-refractivity contribution is 5.86. The molecule has 98 valence electrons. The van der Waals surface area contributed by atoms with Gasteiger partial charge in [-0.2, -0.15) is 0 Å². The van der Waals surface area contributed by atoms with Crippen LogP contribution in [0.4, 0.5) is 5.69 Å². The smallest absolute Gasteiger partial charge is 0.244 e. The van der Waals surface area contributed by atoms with Crippen LogP contribution in [0, 0.1) is 12.8 Å². The highest BCUT2D eigenvalue weighted by Crippen LogP contribution is 2.21. The van der Waals surface area contributed by atoms with Crippen molar-refractivity contribution in [3.8, 4) is 0 Å². The summed E-state index contributed by atoms with van der Waals surface area (Å²) in [6, 6.07) is 7.96. The monoisotopic (exact) mass is 247 g/mol. The summed E-state index contributed by atoms with van der Waals surface area (Å²) in [7, 11) is 0. The van der Waals surface area contributed by atoms with Gasteiger partial charge in [-0.05, 0) is 30.5 Å². The van der Waals surface area contributed by atoms with Gasteiger partial charge in [-0.1, -0.05) is 19.1 Å². The Labute approximate surface area is 108 Å². The molecule has 0 saturated carbocycles. The standard InChI is InChI=1S/C14H21N3O/c1-10-4-3-5-12(6-10)17-9-11(2)8-16-14(18)13(17)7-15/h3-6,11,13H,7-9,15H2,1-2H3,(H,16,18). The molecule has 18 heavy (non-hydrogen) atoms. The SMILES string of the molecule is Cc1cccc(N2CC(C)CNC(=O)C2CN)c1. The van der Waals surface area contributed by atoms with Crippen molar-refractivity contribution in [3.05, 3.63) is 29.8 Å². The lowest BCUT2D eigenvalue weighted by Crippen LogP contribution is -2.49. The van der Waals surface area contributed by atoms with E-state index in [1.807, 2.05) is 12.1 Å². The summed E-state index contributed by atoms with van der Waals surface area (Å²) in [6.45, 7) is 6.11. The lowest BCUT2D eigenvalue weighted by Gasteiger charge is -2.31. The number of benzene rings is 1. The predicted molar refractivity (Wildman–Crippen MR) is 73.5 cm³/mol. The second kappa shape index (κ2) is 5.40. The van der Waals surface area contributed by atoms with Crippen LogP contribution in [0.15, 0.2) is 24.3 Å². The molecule has 1 aliphatic heterocycles. The number of aryl methyl sites for hydroxylation is 1. The first-order valence-corrected chi connectivity index (χ1v) is 6.43. The lowest BCUT2D eigenvalue weighted by molar-refractivity contribution is -0.121. The van der Waals surface area contributed by atoms with Crippen molar-refractivity contribution < 1.29 is 4.79 Å². The van der Waals surface area contributed by atoms with E-state index in [2.05, 4.69) is 36.2 Å². The summed E-state index contributed by atoms with van der Waals surface area (Å²) in [5.74, 6) is 0.453. The molecule has 2 rings (SSSR count). The fourth-order valence-electron chi connectivity index (χ4n) is 2.39. The molecule has 3 N–H and O–H groups in total. The summed E-state index contributed by atoms with van der Waals surface area (Å²) in [4.78, 5) is 14.2. The normalized spacial score (nSPS) is 24.6. The Balaban J connectivity index is 2.34. The molecule has 1 fully saturated rings. The Morgan fingerprint density at radius 2 is 2.28 bits per heavy atom. The third-order valence-corrected chi connectivity index (χ3v) is 3.37. The van der Waals surface area contributed by atoms with E-state index in [4.69, 9.17) is 5.73 Å². The number of nitrogens with two attached hydrogens (primary N) is 1. The second-order valence-corrected chi connectivity index (χ2v) is 5.09. The van der Waals surface area contributed by atoms with Crippen molar-refractivity contribution in [1.29, 1.82) is 0 Å². The minimum absolute atomic E-state index is 0.0309. The molecule has 1 saturated heterocycles. The molecule has 2 unspecified atom stereocenters. The van der Waals surface area contributed by atoms with Crippen molar-refractivity contribution in [1.82, 2.24) is 5.32 Å². The molecule has 1 aliphatic rings. The zero-order valence-corrected chi connectivity index (χ0v) is 11.0. The van der Waals surface area contributed by atoms with Crippen LogP contribution in [0.25, 0.3) is 0 Å². The number of carbonyl (C=O) groups excluding carboxylic acids is 1. The number of hydrogen-bond donors (Lipinski definition) is 2. The number of hydrogen-bond acceptors (Lipinski definition) is 3. The number of carbonyl (C=O) groups is 1. The number of nitrogens with zero attached hydrogens (tertiary/aromatic N) is 1. The van der Waals surface area contributed by atoms with Crippen LogP contribution >= 0.6 is 0 Å². The molecule has 1 aromatic carbocycles. The Morgan fingerprint density at radius 3 is 2.94 bits per heavy atom. The highest BCUT2D eigenvalue weighted by Gasteiger charge is 2.29. The third kappa shape index (κ3) is 2.64. The van der Waals surface area contributed by atoms with Crippen molar-refractivity contribution in [2.45, 2.75) is 19.9 Å². The Morgan fingerprint density at radius 1 is 1.50 bits per heavy atom. The van der Waals surface area contributed by atoms with Crippen molar-refractivity contribution in [3.63, 3.8) is 0 Å². The maximum absolute atomic E-state index is 12.0. The van der Waals surface area contributed by atoms with Crippen molar-refractivity contribution >= 4 is 11.6 Å². The van der Waals surface area contributed by atoms with Crippen LogP contribution < -0.4 is 16.0 Å². The number of amides is 1. The molecule has 0 aliphatic carbocycles. The van der Waals surface area contributed by atoms with Crippen LogP contribution in [0.1, 0.15) is 12.5 Å².